The number of hydrogen-bond donors (Lipinski definition) is 1. The Morgan fingerprint density at radius 1 is 1.16 bits per heavy atom. The lowest BCUT2D eigenvalue weighted by Crippen LogP contribution is -2.19. The summed E-state index contributed by atoms with van der Waals surface area (Å²) in [6.07, 6.45) is 5.39. The van der Waals surface area contributed by atoms with Gasteiger partial charge in [0.05, 0.1) is 23.8 Å². The Morgan fingerprint density at radius 3 is 2.47 bits per heavy atom. The van der Waals surface area contributed by atoms with Crippen molar-refractivity contribution in [2.45, 2.75) is 34.2 Å². The Morgan fingerprint density at radius 2 is 1.95 bits per heavy atom. The summed E-state index contributed by atoms with van der Waals surface area (Å²) in [5.41, 5.74) is 3.07. The summed E-state index contributed by atoms with van der Waals surface area (Å²) in [5, 5.41) is 3.35. The van der Waals surface area contributed by atoms with Gasteiger partial charge in [0.25, 0.3) is 0 Å². The SMILES string of the molecule is Cc1ncn(-c2cnc(CNCC(C)C)cn2)c1C. The lowest BCUT2D eigenvalue weighted by Gasteiger charge is -2.08. The molecule has 0 aromatic carbocycles. The fourth-order valence-corrected chi connectivity index (χ4v) is 1.78. The summed E-state index contributed by atoms with van der Waals surface area (Å²) in [4.78, 5) is 13.1. The molecule has 2 aromatic rings. The zero-order valence-corrected chi connectivity index (χ0v) is 12.0. The molecule has 0 amide bonds. The van der Waals surface area contributed by atoms with Crippen molar-refractivity contribution in [2.24, 2.45) is 5.92 Å². The zero-order chi connectivity index (χ0) is 13.8. The fourth-order valence-electron chi connectivity index (χ4n) is 1.78. The molecular formula is C14H21N5. The van der Waals surface area contributed by atoms with E-state index in [9.17, 15) is 0 Å². The third kappa shape index (κ3) is 3.38. The van der Waals surface area contributed by atoms with Crippen LogP contribution in [0.1, 0.15) is 30.9 Å². The van der Waals surface area contributed by atoms with Crippen LogP contribution in [0.2, 0.25) is 0 Å². The molecule has 0 aliphatic rings. The van der Waals surface area contributed by atoms with Gasteiger partial charge in [-0.25, -0.2) is 9.97 Å². The van der Waals surface area contributed by atoms with Crippen molar-refractivity contribution in [1.29, 1.82) is 0 Å². The molecule has 0 saturated heterocycles. The first-order chi connectivity index (χ1) is 9.08. The van der Waals surface area contributed by atoms with Gasteiger partial charge < -0.3 is 5.32 Å². The minimum absolute atomic E-state index is 0.642. The average molecular weight is 259 g/mol. The first kappa shape index (κ1) is 13.7. The highest BCUT2D eigenvalue weighted by Crippen LogP contribution is 2.10. The normalized spacial score (nSPS) is 11.2. The second-order valence-electron chi connectivity index (χ2n) is 5.18. The predicted octanol–water partition coefficient (Wildman–Crippen LogP) is 2.02. The van der Waals surface area contributed by atoms with E-state index in [2.05, 4.69) is 34.1 Å². The number of nitrogens with zero attached hydrogens (tertiary/aromatic N) is 4. The van der Waals surface area contributed by atoms with Crippen LogP contribution >= 0.6 is 0 Å². The average Bonchev–Trinajstić information content (AvgIpc) is 2.71. The zero-order valence-electron chi connectivity index (χ0n) is 12.0. The minimum atomic E-state index is 0.642. The largest absolute Gasteiger partial charge is 0.311 e. The Hall–Kier alpha value is -1.75. The molecule has 102 valence electrons. The fraction of sp³-hybridized carbons (Fsp3) is 0.500. The van der Waals surface area contributed by atoms with Gasteiger partial charge >= 0.3 is 0 Å². The van der Waals surface area contributed by atoms with Crippen molar-refractivity contribution in [2.75, 3.05) is 6.54 Å². The molecule has 0 fully saturated rings. The monoisotopic (exact) mass is 259 g/mol. The highest BCUT2D eigenvalue weighted by Gasteiger charge is 2.06. The second kappa shape index (κ2) is 5.93. The van der Waals surface area contributed by atoms with Crippen molar-refractivity contribution < 1.29 is 0 Å². The van der Waals surface area contributed by atoms with Gasteiger partial charge in [0.15, 0.2) is 5.82 Å². The van der Waals surface area contributed by atoms with Crippen molar-refractivity contribution >= 4 is 0 Å². The molecule has 19 heavy (non-hydrogen) atoms. The highest BCUT2D eigenvalue weighted by molar-refractivity contribution is 5.25. The molecule has 0 aliphatic heterocycles. The van der Waals surface area contributed by atoms with Crippen molar-refractivity contribution in [3.05, 3.63) is 35.8 Å². The van der Waals surface area contributed by atoms with E-state index < -0.39 is 0 Å². The van der Waals surface area contributed by atoms with E-state index in [4.69, 9.17) is 0 Å². The molecule has 5 nitrogen and oxygen atoms in total. The Balaban J connectivity index is 2.04. The second-order valence-corrected chi connectivity index (χ2v) is 5.18. The van der Waals surface area contributed by atoms with Crippen molar-refractivity contribution in [3.63, 3.8) is 0 Å². The summed E-state index contributed by atoms with van der Waals surface area (Å²) in [7, 11) is 0. The quantitative estimate of drug-likeness (QED) is 0.892. The number of aryl methyl sites for hydroxylation is 1. The maximum Gasteiger partial charge on any atom is 0.156 e. The lowest BCUT2D eigenvalue weighted by atomic mass is 10.2. The van der Waals surface area contributed by atoms with Gasteiger partial charge in [0.1, 0.15) is 6.33 Å². The van der Waals surface area contributed by atoms with Gasteiger partial charge in [-0.1, -0.05) is 13.8 Å². The molecule has 2 rings (SSSR count). The highest BCUT2D eigenvalue weighted by atomic mass is 15.1. The topological polar surface area (TPSA) is 55.6 Å². The lowest BCUT2D eigenvalue weighted by molar-refractivity contribution is 0.547. The Bertz CT molecular complexity index is 527. The summed E-state index contributed by atoms with van der Waals surface area (Å²) in [6.45, 7) is 10.1. The molecule has 0 atom stereocenters. The van der Waals surface area contributed by atoms with E-state index in [1.54, 1.807) is 12.5 Å². The summed E-state index contributed by atoms with van der Waals surface area (Å²) >= 11 is 0. The van der Waals surface area contributed by atoms with Crippen LogP contribution in [-0.2, 0) is 6.54 Å². The van der Waals surface area contributed by atoms with Crippen LogP contribution in [0.4, 0.5) is 0 Å². The Labute approximate surface area is 114 Å². The van der Waals surface area contributed by atoms with E-state index in [0.29, 0.717) is 5.92 Å². The number of aromatic nitrogens is 4. The van der Waals surface area contributed by atoms with Gasteiger partial charge in [0, 0.05) is 12.2 Å². The number of rotatable bonds is 5. The molecule has 0 aliphatic carbocycles. The first-order valence-electron chi connectivity index (χ1n) is 6.60. The van der Waals surface area contributed by atoms with E-state index >= 15 is 0 Å². The van der Waals surface area contributed by atoms with Crippen LogP contribution in [-0.4, -0.2) is 26.1 Å². The van der Waals surface area contributed by atoms with Crippen LogP contribution in [0.25, 0.3) is 5.82 Å². The molecule has 0 bridgehead atoms. The van der Waals surface area contributed by atoms with Crippen molar-refractivity contribution in [1.82, 2.24) is 24.8 Å². The van der Waals surface area contributed by atoms with Gasteiger partial charge in [0.2, 0.25) is 0 Å². The van der Waals surface area contributed by atoms with Gasteiger partial charge in [-0.15, -0.1) is 0 Å². The number of imidazole rings is 1. The third-order valence-corrected chi connectivity index (χ3v) is 3.05. The van der Waals surface area contributed by atoms with E-state index in [1.807, 2.05) is 24.6 Å². The Kier molecular flexibility index (Phi) is 4.27. The molecular weight excluding hydrogens is 238 g/mol. The molecule has 1 N–H and O–H groups in total. The molecule has 0 unspecified atom stereocenters. The van der Waals surface area contributed by atoms with Crippen LogP contribution in [0.3, 0.4) is 0 Å². The maximum absolute atomic E-state index is 4.44. The summed E-state index contributed by atoms with van der Waals surface area (Å²) in [6, 6.07) is 0. The smallest absolute Gasteiger partial charge is 0.156 e. The van der Waals surface area contributed by atoms with Crippen molar-refractivity contribution in [3.8, 4) is 5.82 Å². The number of nitrogens with one attached hydrogen (secondary N) is 1. The van der Waals surface area contributed by atoms with Gasteiger partial charge in [-0.05, 0) is 26.3 Å². The van der Waals surface area contributed by atoms with Crippen LogP contribution < -0.4 is 5.32 Å². The minimum Gasteiger partial charge on any atom is -0.311 e. The summed E-state index contributed by atoms with van der Waals surface area (Å²) in [5.74, 6) is 1.45. The third-order valence-electron chi connectivity index (χ3n) is 3.05. The molecule has 2 aromatic heterocycles. The molecule has 0 radical (unpaired) electrons. The molecule has 5 heteroatoms. The van der Waals surface area contributed by atoms with Crippen LogP contribution in [0.5, 0.6) is 0 Å². The summed E-state index contributed by atoms with van der Waals surface area (Å²) < 4.78 is 1.95. The standard InChI is InChI=1S/C14H21N5/c1-10(2)5-15-6-13-7-17-14(8-16-13)19-9-18-11(3)12(19)4/h7-10,15H,5-6H2,1-4H3. The first-order valence-corrected chi connectivity index (χ1v) is 6.60. The molecule has 2 heterocycles. The van der Waals surface area contributed by atoms with E-state index in [0.717, 1.165) is 36.0 Å². The number of hydrogen-bond acceptors (Lipinski definition) is 4. The van der Waals surface area contributed by atoms with E-state index in [-0.39, 0.29) is 0 Å². The van der Waals surface area contributed by atoms with Crippen LogP contribution in [0, 0.1) is 19.8 Å². The molecule has 0 saturated carbocycles. The van der Waals surface area contributed by atoms with Gasteiger partial charge in [-0.2, -0.15) is 0 Å². The van der Waals surface area contributed by atoms with E-state index in [1.165, 1.54) is 0 Å². The molecule has 0 spiro atoms. The predicted molar refractivity (Wildman–Crippen MR) is 75.2 cm³/mol. The maximum atomic E-state index is 4.44. The van der Waals surface area contributed by atoms with Crippen LogP contribution in [0.15, 0.2) is 18.7 Å². The van der Waals surface area contributed by atoms with Gasteiger partial charge in [-0.3, -0.25) is 9.55 Å².